The van der Waals surface area contributed by atoms with Crippen LogP contribution in [0, 0.1) is 11.2 Å². The molecule has 8 N–H and O–H groups in total. The molecule has 0 unspecified atom stereocenters. The fourth-order valence-corrected chi connectivity index (χ4v) is 4.07. The van der Waals surface area contributed by atoms with E-state index in [0.717, 1.165) is 5.56 Å². The molecule has 0 spiro atoms. The number of rotatable bonds is 10. The van der Waals surface area contributed by atoms with Crippen LogP contribution < -0.4 is 33.0 Å². The van der Waals surface area contributed by atoms with E-state index in [9.17, 15) is 18.8 Å². The van der Waals surface area contributed by atoms with Gasteiger partial charge in [0.2, 0.25) is 5.91 Å². The summed E-state index contributed by atoms with van der Waals surface area (Å²) in [6.45, 7) is 0.0452. The molecule has 1 heterocycles. The van der Waals surface area contributed by atoms with Gasteiger partial charge in [-0.3, -0.25) is 24.4 Å². The molecule has 0 saturated heterocycles. The largest absolute Gasteiger partial charge is 0.399 e. The van der Waals surface area contributed by atoms with Crippen LogP contribution in [0.4, 0.5) is 15.9 Å². The van der Waals surface area contributed by atoms with Gasteiger partial charge in [-0.05, 0) is 41.5 Å². The van der Waals surface area contributed by atoms with E-state index in [1.165, 1.54) is 29.0 Å². The van der Waals surface area contributed by atoms with E-state index in [2.05, 4.69) is 20.9 Å². The lowest BCUT2D eigenvalue weighted by Crippen LogP contribution is -2.34. The Labute approximate surface area is 234 Å². The van der Waals surface area contributed by atoms with Crippen LogP contribution in [0.15, 0.2) is 77.7 Å². The number of nitrogens with zero attached hydrogens (tertiary/aromatic N) is 2. The molecule has 12 heteroatoms. The molecule has 41 heavy (non-hydrogen) atoms. The third-order valence-electron chi connectivity index (χ3n) is 6.23. The second-order valence-corrected chi connectivity index (χ2v) is 9.17. The molecular weight excluding hydrogens is 527 g/mol. The fourth-order valence-electron chi connectivity index (χ4n) is 4.07. The van der Waals surface area contributed by atoms with Crippen molar-refractivity contribution in [3.05, 3.63) is 111 Å². The highest BCUT2D eigenvalue weighted by Gasteiger charge is 2.17. The standard InChI is InChI=1S/C29H29FN8O3/c1-34-27-29(41)38(16-25(39)35-13-17-2-6-19(7-3-17)26(32)33)24(15-36-27)20-10-21(12-23(31)11-20)28(40)37-14-18-4-8-22(30)9-5-18/h2-12,15H,13-14,16,31H2,1H3,(H3,32,33)(H,34,36)(H,35,39)(H,37,40). The second kappa shape index (κ2) is 12.6. The molecule has 3 aromatic carbocycles. The Bertz CT molecular complexity index is 1650. The molecule has 11 nitrogen and oxygen atoms in total. The Kier molecular flexibility index (Phi) is 8.72. The highest BCUT2D eigenvalue weighted by molar-refractivity contribution is 5.96. The number of carbonyl (C=O) groups excluding carboxylic acids is 2. The topological polar surface area (TPSA) is 181 Å². The van der Waals surface area contributed by atoms with E-state index >= 15 is 0 Å². The molecule has 0 radical (unpaired) electrons. The van der Waals surface area contributed by atoms with Gasteiger partial charge in [0.1, 0.15) is 18.2 Å². The Morgan fingerprint density at radius 2 is 1.59 bits per heavy atom. The molecule has 0 bridgehead atoms. The summed E-state index contributed by atoms with van der Waals surface area (Å²) in [5, 5.41) is 15.7. The Morgan fingerprint density at radius 3 is 2.22 bits per heavy atom. The van der Waals surface area contributed by atoms with Crippen molar-refractivity contribution < 1.29 is 14.0 Å². The molecule has 0 fully saturated rings. The van der Waals surface area contributed by atoms with Crippen molar-refractivity contribution in [1.82, 2.24) is 20.2 Å². The number of hydrogen-bond donors (Lipinski definition) is 6. The summed E-state index contributed by atoms with van der Waals surface area (Å²) >= 11 is 0. The number of anilines is 2. The fraction of sp³-hybridized carbons (Fsp3) is 0.138. The lowest BCUT2D eigenvalue weighted by molar-refractivity contribution is -0.121. The summed E-state index contributed by atoms with van der Waals surface area (Å²) in [4.78, 5) is 43.2. The van der Waals surface area contributed by atoms with Gasteiger partial charge in [0, 0.05) is 42.5 Å². The van der Waals surface area contributed by atoms with E-state index in [-0.39, 0.29) is 54.0 Å². The number of benzene rings is 3. The van der Waals surface area contributed by atoms with Crippen LogP contribution in [0.5, 0.6) is 0 Å². The van der Waals surface area contributed by atoms with Crippen molar-refractivity contribution in [3.63, 3.8) is 0 Å². The van der Waals surface area contributed by atoms with E-state index in [4.69, 9.17) is 16.9 Å². The smallest absolute Gasteiger partial charge is 0.294 e. The highest BCUT2D eigenvalue weighted by atomic mass is 19.1. The summed E-state index contributed by atoms with van der Waals surface area (Å²) in [5.74, 6) is -1.24. The zero-order valence-electron chi connectivity index (χ0n) is 22.2. The van der Waals surface area contributed by atoms with Crippen LogP contribution in [0.3, 0.4) is 0 Å². The van der Waals surface area contributed by atoms with Gasteiger partial charge >= 0.3 is 0 Å². The van der Waals surface area contributed by atoms with Crippen LogP contribution in [-0.2, 0) is 24.4 Å². The van der Waals surface area contributed by atoms with Gasteiger partial charge in [-0.2, -0.15) is 0 Å². The van der Waals surface area contributed by atoms with Gasteiger partial charge in [-0.1, -0.05) is 36.4 Å². The molecular formula is C29H29FN8O3. The van der Waals surface area contributed by atoms with Gasteiger partial charge in [-0.15, -0.1) is 0 Å². The van der Waals surface area contributed by atoms with E-state index in [1.807, 2.05) is 0 Å². The maximum atomic E-state index is 13.2. The van der Waals surface area contributed by atoms with Crippen LogP contribution in [0.25, 0.3) is 11.3 Å². The number of nitrogen functional groups attached to an aromatic ring is 2. The predicted octanol–water partition coefficient (Wildman–Crippen LogP) is 2.20. The van der Waals surface area contributed by atoms with Crippen molar-refractivity contribution in [2.24, 2.45) is 5.73 Å². The summed E-state index contributed by atoms with van der Waals surface area (Å²) < 4.78 is 14.4. The highest BCUT2D eigenvalue weighted by Crippen LogP contribution is 2.23. The minimum atomic E-state index is -0.532. The number of amidine groups is 1. The zero-order chi connectivity index (χ0) is 29.5. The van der Waals surface area contributed by atoms with Crippen molar-refractivity contribution in [1.29, 1.82) is 5.41 Å². The first-order valence-corrected chi connectivity index (χ1v) is 12.6. The summed E-state index contributed by atoms with van der Waals surface area (Å²) in [5.41, 5.74) is 14.3. The minimum Gasteiger partial charge on any atom is -0.399 e. The normalized spacial score (nSPS) is 10.6. The molecule has 0 atom stereocenters. The maximum Gasteiger partial charge on any atom is 0.294 e. The first-order valence-electron chi connectivity index (χ1n) is 12.6. The Hall–Kier alpha value is -5.52. The Balaban J connectivity index is 1.56. The van der Waals surface area contributed by atoms with E-state index in [1.54, 1.807) is 55.6 Å². The molecule has 0 aliphatic heterocycles. The van der Waals surface area contributed by atoms with Gasteiger partial charge in [0.05, 0.1) is 11.9 Å². The van der Waals surface area contributed by atoms with Crippen molar-refractivity contribution in [2.45, 2.75) is 19.6 Å². The molecule has 0 saturated carbocycles. The summed E-state index contributed by atoms with van der Waals surface area (Å²) in [6, 6.07) is 17.2. The van der Waals surface area contributed by atoms with Crippen molar-refractivity contribution in [2.75, 3.05) is 18.1 Å². The third-order valence-corrected chi connectivity index (χ3v) is 6.23. The van der Waals surface area contributed by atoms with Gasteiger partial charge in [0.25, 0.3) is 11.5 Å². The lowest BCUT2D eigenvalue weighted by atomic mass is 10.1. The molecule has 2 amide bonds. The molecule has 1 aromatic heterocycles. The third kappa shape index (κ3) is 7.12. The summed E-state index contributed by atoms with van der Waals surface area (Å²) in [6.07, 6.45) is 1.43. The molecule has 4 rings (SSSR count). The molecule has 0 aliphatic carbocycles. The van der Waals surface area contributed by atoms with Crippen molar-refractivity contribution in [3.8, 4) is 11.3 Å². The number of nitrogens with two attached hydrogens (primary N) is 2. The monoisotopic (exact) mass is 556 g/mol. The SMILES string of the molecule is CNc1ncc(-c2cc(N)cc(C(=O)NCc3ccc(F)cc3)c2)n(CC(=O)NCc2ccc(C(=N)N)cc2)c1=O. The van der Waals surface area contributed by atoms with E-state index in [0.29, 0.717) is 16.7 Å². The molecule has 0 aliphatic rings. The molecule has 210 valence electrons. The predicted molar refractivity (Wildman–Crippen MR) is 155 cm³/mol. The number of nitrogens with one attached hydrogen (secondary N) is 4. The first-order chi connectivity index (χ1) is 19.6. The average molecular weight is 557 g/mol. The Morgan fingerprint density at radius 1 is 0.951 bits per heavy atom. The quantitative estimate of drug-likeness (QED) is 0.0983. The van der Waals surface area contributed by atoms with E-state index < -0.39 is 17.4 Å². The number of amides is 2. The summed E-state index contributed by atoms with van der Waals surface area (Å²) in [7, 11) is 1.54. The number of carbonyl (C=O) groups is 2. The maximum absolute atomic E-state index is 13.2. The van der Waals surface area contributed by atoms with Crippen LogP contribution >= 0.6 is 0 Å². The number of halogens is 1. The van der Waals surface area contributed by atoms with Crippen LogP contribution in [-0.4, -0.2) is 34.2 Å². The molecule has 4 aromatic rings. The van der Waals surface area contributed by atoms with Crippen LogP contribution in [0.1, 0.15) is 27.0 Å². The van der Waals surface area contributed by atoms with Gasteiger partial charge in [0.15, 0.2) is 5.82 Å². The first kappa shape index (κ1) is 28.5. The lowest BCUT2D eigenvalue weighted by Gasteiger charge is -2.16. The number of hydrogen-bond acceptors (Lipinski definition) is 7. The minimum absolute atomic E-state index is 0.0440. The van der Waals surface area contributed by atoms with Gasteiger partial charge in [-0.25, -0.2) is 9.37 Å². The average Bonchev–Trinajstić information content (AvgIpc) is 2.96. The van der Waals surface area contributed by atoms with Crippen LogP contribution in [0.2, 0.25) is 0 Å². The second-order valence-electron chi connectivity index (χ2n) is 9.17. The van der Waals surface area contributed by atoms with Gasteiger partial charge < -0.3 is 27.4 Å². The number of aromatic nitrogens is 2. The zero-order valence-corrected chi connectivity index (χ0v) is 22.2. The van der Waals surface area contributed by atoms with Crippen molar-refractivity contribution >= 4 is 29.2 Å².